The van der Waals surface area contributed by atoms with E-state index in [4.69, 9.17) is 9.47 Å². The molecule has 0 bridgehead atoms. The highest BCUT2D eigenvalue weighted by molar-refractivity contribution is 5.49. The zero-order valence-electron chi connectivity index (χ0n) is 14.3. The molecule has 0 radical (unpaired) electrons. The Balaban J connectivity index is 2.05. The van der Waals surface area contributed by atoms with E-state index in [2.05, 4.69) is 41.4 Å². The van der Waals surface area contributed by atoms with Gasteiger partial charge in [0.2, 0.25) is 0 Å². The van der Waals surface area contributed by atoms with Crippen molar-refractivity contribution < 1.29 is 9.47 Å². The molecule has 0 aliphatic carbocycles. The summed E-state index contributed by atoms with van der Waals surface area (Å²) in [6, 6.07) is 7.72. The zero-order valence-corrected chi connectivity index (χ0v) is 14.3. The maximum Gasteiger partial charge on any atom is 0.161 e. The van der Waals surface area contributed by atoms with E-state index in [9.17, 15) is 0 Å². The minimum atomic E-state index is -0.0467. The molecule has 2 rings (SSSR count). The summed E-state index contributed by atoms with van der Waals surface area (Å²) in [4.78, 5) is 8.47. The highest BCUT2D eigenvalue weighted by atomic mass is 16.5. The molecular weight excluding hydrogens is 292 g/mol. The number of anilines is 2. The number of benzene rings is 1. The fraction of sp³-hybridized carbons (Fsp3) is 0.412. The largest absolute Gasteiger partial charge is 0.493 e. The zero-order chi connectivity index (χ0) is 16.9. The Kier molecular flexibility index (Phi) is 5.26. The summed E-state index contributed by atoms with van der Waals surface area (Å²) in [6.45, 7) is 6.90. The molecule has 0 unspecified atom stereocenters. The van der Waals surface area contributed by atoms with Crippen LogP contribution in [0, 0.1) is 0 Å². The number of hydrogen-bond donors (Lipinski definition) is 2. The van der Waals surface area contributed by atoms with Gasteiger partial charge in [-0.1, -0.05) is 6.07 Å². The van der Waals surface area contributed by atoms with Gasteiger partial charge in [-0.15, -0.1) is 0 Å². The van der Waals surface area contributed by atoms with Crippen LogP contribution in [0.4, 0.5) is 11.6 Å². The lowest BCUT2D eigenvalue weighted by molar-refractivity contribution is 0.354. The number of nitrogens with zero attached hydrogens (tertiary/aromatic N) is 2. The van der Waals surface area contributed by atoms with E-state index < -0.39 is 0 Å². The highest BCUT2D eigenvalue weighted by Gasteiger charge is 2.10. The van der Waals surface area contributed by atoms with Crippen molar-refractivity contribution in [2.24, 2.45) is 0 Å². The second-order valence-electron chi connectivity index (χ2n) is 6.21. The van der Waals surface area contributed by atoms with Crippen molar-refractivity contribution >= 4 is 11.6 Å². The van der Waals surface area contributed by atoms with Crippen molar-refractivity contribution in [1.82, 2.24) is 9.97 Å². The van der Waals surface area contributed by atoms with Crippen LogP contribution in [0.5, 0.6) is 11.5 Å². The van der Waals surface area contributed by atoms with Crippen LogP contribution >= 0.6 is 0 Å². The quantitative estimate of drug-likeness (QED) is 0.852. The van der Waals surface area contributed by atoms with E-state index >= 15 is 0 Å². The average molecular weight is 316 g/mol. The predicted molar refractivity (Wildman–Crippen MR) is 92.3 cm³/mol. The second-order valence-corrected chi connectivity index (χ2v) is 6.21. The molecule has 1 heterocycles. The first kappa shape index (κ1) is 16.9. The Labute approximate surface area is 137 Å². The molecular formula is C17H24N4O2. The molecule has 6 nitrogen and oxygen atoms in total. The Morgan fingerprint density at radius 3 is 2.30 bits per heavy atom. The van der Waals surface area contributed by atoms with Crippen LogP contribution in [0.2, 0.25) is 0 Å². The fourth-order valence-corrected chi connectivity index (χ4v) is 2.09. The summed E-state index contributed by atoms with van der Waals surface area (Å²) in [6.07, 6.45) is 1.55. The maximum absolute atomic E-state index is 5.31. The van der Waals surface area contributed by atoms with Crippen LogP contribution in [-0.2, 0) is 6.54 Å². The number of aromatic nitrogens is 2. The lowest BCUT2D eigenvalue weighted by Gasteiger charge is -2.21. The first-order valence-corrected chi connectivity index (χ1v) is 7.46. The number of methoxy groups -OCH3 is 2. The van der Waals surface area contributed by atoms with Gasteiger partial charge in [0.05, 0.1) is 14.2 Å². The Morgan fingerprint density at radius 1 is 0.957 bits per heavy atom. The van der Waals surface area contributed by atoms with E-state index in [1.807, 2.05) is 24.3 Å². The van der Waals surface area contributed by atoms with E-state index in [1.165, 1.54) is 0 Å². The lowest BCUT2D eigenvalue weighted by Crippen LogP contribution is -2.26. The molecule has 0 saturated heterocycles. The summed E-state index contributed by atoms with van der Waals surface area (Å²) < 4.78 is 10.6. The highest BCUT2D eigenvalue weighted by Crippen LogP contribution is 2.27. The fourth-order valence-electron chi connectivity index (χ4n) is 2.09. The van der Waals surface area contributed by atoms with E-state index in [0.29, 0.717) is 12.3 Å². The summed E-state index contributed by atoms with van der Waals surface area (Å²) in [5.41, 5.74) is 1.03. The van der Waals surface area contributed by atoms with Crippen molar-refractivity contribution in [3.63, 3.8) is 0 Å². The van der Waals surface area contributed by atoms with Crippen molar-refractivity contribution in [3.05, 3.63) is 36.2 Å². The number of ether oxygens (including phenoxy) is 2. The summed E-state index contributed by atoms with van der Waals surface area (Å²) in [5, 5.41) is 6.61. The smallest absolute Gasteiger partial charge is 0.161 e. The molecule has 23 heavy (non-hydrogen) atoms. The lowest BCUT2D eigenvalue weighted by atomic mass is 10.1. The van der Waals surface area contributed by atoms with Gasteiger partial charge in [-0.3, -0.25) is 0 Å². The van der Waals surface area contributed by atoms with Crippen LogP contribution in [-0.4, -0.2) is 29.7 Å². The summed E-state index contributed by atoms with van der Waals surface area (Å²) in [7, 11) is 3.25. The van der Waals surface area contributed by atoms with E-state index in [-0.39, 0.29) is 5.54 Å². The van der Waals surface area contributed by atoms with Gasteiger partial charge >= 0.3 is 0 Å². The molecule has 1 aromatic heterocycles. The van der Waals surface area contributed by atoms with Crippen molar-refractivity contribution in [1.29, 1.82) is 0 Å². The molecule has 0 aliphatic heterocycles. The molecule has 0 saturated carbocycles. The average Bonchev–Trinajstić information content (AvgIpc) is 2.51. The monoisotopic (exact) mass is 316 g/mol. The first-order chi connectivity index (χ1) is 10.9. The van der Waals surface area contributed by atoms with Gasteiger partial charge in [-0.2, -0.15) is 0 Å². The minimum absolute atomic E-state index is 0.0467. The molecule has 6 heteroatoms. The minimum Gasteiger partial charge on any atom is -0.493 e. The third kappa shape index (κ3) is 5.02. The molecule has 2 aromatic rings. The SMILES string of the molecule is COc1ccc(CNc2cc(NC(C)(C)C)ncn2)cc1OC. The van der Waals surface area contributed by atoms with Crippen LogP contribution in [0.15, 0.2) is 30.6 Å². The van der Waals surface area contributed by atoms with Crippen molar-refractivity contribution in [2.45, 2.75) is 32.9 Å². The molecule has 2 N–H and O–H groups in total. The van der Waals surface area contributed by atoms with Gasteiger partial charge in [-0.25, -0.2) is 9.97 Å². The Bertz CT molecular complexity index is 653. The number of rotatable bonds is 6. The van der Waals surface area contributed by atoms with Crippen molar-refractivity contribution in [3.8, 4) is 11.5 Å². The van der Waals surface area contributed by atoms with E-state index in [1.54, 1.807) is 20.5 Å². The summed E-state index contributed by atoms with van der Waals surface area (Å²) >= 11 is 0. The Hall–Kier alpha value is -2.50. The van der Waals surface area contributed by atoms with Gasteiger partial charge in [0.25, 0.3) is 0 Å². The van der Waals surface area contributed by atoms with Gasteiger partial charge in [-0.05, 0) is 38.5 Å². The van der Waals surface area contributed by atoms with Gasteiger partial charge in [0.1, 0.15) is 18.0 Å². The number of nitrogens with one attached hydrogen (secondary N) is 2. The summed E-state index contributed by atoms with van der Waals surface area (Å²) in [5.74, 6) is 2.99. The van der Waals surface area contributed by atoms with Crippen LogP contribution in [0.1, 0.15) is 26.3 Å². The first-order valence-electron chi connectivity index (χ1n) is 7.46. The van der Waals surface area contributed by atoms with Crippen LogP contribution in [0.25, 0.3) is 0 Å². The molecule has 0 amide bonds. The second kappa shape index (κ2) is 7.17. The van der Waals surface area contributed by atoms with Crippen LogP contribution in [0.3, 0.4) is 0 Å². The van der Waals surface area contributed by atoms with Gasteiger partial charge in [0, 0.05) is 18.2 Å². The molecule has 0 aliphatic rings. The molecule has 0 atom stereocenters. The molecule has 0 spiro atoms. The van der Waals surface area contributed by atoms with E-state index in [0.717, 1.165) is 22.9 Å². The number of hydrogen-bond acceptors (Lipinski definition) is 6. The topological polar surface area (TPSA) is 68.3 Å². The predicted octanol–water partition coefficient (Wildman–Crippen LogP) is 3.32. The maximum atomic E-state index is 5.31. The van der Waals surface area contributed by atoms with Gasteiger partial charge in [0.15, 0.2) is 11.5 Å². The Morgan fingerprint density at radius 2 is 1.65 bits per heavy atom. The standard InChI is InChI=1S/C17H24N4O2/c1-17(2,3)21-16-9-15(19-11-20-16)18-10-12-6-7-13(22-4)14(8-12)23-5/h6-9,11H,10H2,1-5H3,(H2,18,19,20,21). The molecule has 0 fully saturated rings. The third-order valence-corrected chi connectivity index (χ3v) is 3.09. The molecule has 1 aromatic carbocycles. The van der Waals surface area contributed by atoms with Crippen molar-refractivity contribution in [2.75, 3.05) is 24.9 Å². The van der Waals surface area contributed by atoms with Gasteiger partial charge < -0.3 is 20.1 Å². The third-order valence-electron chi connectivity index (χ3n) is 3.09. The normalized spacial score (nSPS) is 11.0. The van der Waals surface area contributed by atoms with Crippen LogP contribution < -0.4 is 20.1 Å². The molecule has 124 valence electrons.